The molecule has 27 heavy (non-hydrogen) atoms. The van der Waals surface area contributed by atoms with E-state index >= 15 is 0 Å². The average Bonchev–Trinajstić information content (AvgIpc) is 2.61. The summed E-state index contributed by atoms with van der Waals surface area (Å²) >= 11 is 0. The molecule has 2 aromatic rings. The van der Waals surface area contributed by atoms with E-state index in [1.165, 1.54) is 26.2 Å². The van der Waals surface area contributed by atoms with Gasteiger partial charge in [-0.1, -0.05) is 12.1 Å². The molecule has 146 valence electrons. The minimum atomic E-state index is -3.95. The summed E-state index contributed by atoms with van der Waals surface area (Å²) in [4.78, 5) is 12.5. The van der Waals surface area contributed by atoms with Crippen molar-refractivity contribution in [3.05, 3.63) is 59.9 Å². The SMILES string of the molecule is COCc1cccc(NC(=O)CN(c2ccc(F)cc2)S(=O)(=O)N(C)C)c1. The summed E-state index contributed by atoms with van der Waals surface area (Å²) in [5.41, 5.74) is 1.58. The second-order valence-electron chi connectivity index (χ2n) is 5.95. The third-order valence-electron chi connectivity index (χ3n) is 3.66. The van der Waals surface area contributed by atoms with E-state index in [4.69, 9.17) is 4.74 Å². The van der Waals surface area contributed by atoms with Crippen molar-refractivity contribution in [3.63, 3.8) is 0 Å². The Kier molecular flexibility index (Phi) is 6.89. The number of rotatable bonds is 8. The van der Waals surface area contributed by atoms with Crippen LogP contribution in [0.1, 0.15) is 5.56 Å². The minimum Gasteiger partial charge on any atom is -0.380 e. The van der Waals surface area contributed by atoms with E-state index in [2.05, 4.69) is 5.32 Å². The molecular weight excluding hydrogens is 373 g/mol. The van der Waals surface area contributed by atoms with Crippen LogP contribution in [0.3, 0.4) is 0 Å². The predicted molar refractivity (Wildman–Crippen MR) is 102 cm³/mol. The highest BCUT2D eigenvalue weighted by molar-refractivity contribution is 7.90. The fourth-order valence-electron chi connectivity index (χ4n) is 2.35. The van der Waals surface area contributed by atoms with Gasteiger partial charge < -0.3 is 10.1 Å². The van der Waals surface area contributed by atoms with Crippen molar-refractivity contribution in [1.82, 2.24) is 4.31 Å². The van der Waals surface area contributed by atoms with Crippen LogP contribution >= 0.6 is 0 Å². The molecule has 0 aromatic heterocycles. The fourth-order valence-corrected chi connectivity index (χ4v) is 3.41. The van der Waals surface area contributed by atoms with Crippen molar-refractivity contribution in [2.75, 3.05) is 37.4 Å². The number of halogens is 1. The normalized spacial score (nSPS) is 11.4. The highest BCUT2D eigenvalue weighted by Gasteiger charge is 2.27. The summed E-state index contributed by atoms with van der Waals surface area (Å²) < 4.78 is 45.4. The smallest absolute Gasteiger partial charge is 0.304 e. The molecule has 0 heterocycles. The van der Waals surface area contributed by atoms with Crippen LogP contribution < -0.4 is 9.62 Å². The van der Waals surface area contributed by atoms with Crippen molar-refractivity contribution in [2.24, 2.45) is 0 Å². The molecule has 0 saturated heterocycles. The van der Waals surface area contributed by atoms with E-state index in [1.807, 2.05) is 6.07 Å². The molecule has 7 nitrogen and oxygen atoms in total. The molecule has 2 rings (SSSR count). The summed E-state index contributed by atoms with van der Waals surface area (Å²) in [6, 6.07) is 11.9. The van der Waals surface area contributed by atoms with Crippen LogP contribution in [-0.4, -0.2) is 46.4 Å². The zero-order valence-electron chi connectivity index (χ0n) is 15.3. The molecule has 0 atom stereocenters. The Bertz CT molecular complexity index is 886. The Hall–Kier alpha value is -2.49. The van der Waals surface area contributed by atoms with Crippen molar-refractivity contribution in [1.29, 1.82) is 0 Å². The Balaban J connectivity index is 2.23. The van der Waals surface area contributed by atoms with Crippen LogP contribution in [0, 0.1) is 5.82 Å². The largest absolute Gasteiger partial charge is 0.380 e. The van der Waals surface area contributed by atoms with E-state index in [-0.39, 0.29) is 5.69 Å². The number of carbonyl (C=O) groups excluding carboxylic acids is 1. The molecule has 0 aliphatic carbocycles. The quantitative estimate of drug-likeness (QED) is 0.743. The number of nitrogens with zero attached hydrogens (tertiary/aromatic N) is 2. The van der Waals surface area contributed by atoms with Gasteiger partial charge >= 0.3 is 10.2 Å². The molecule has 0 bridgehead atoms. The minimum absolute atomic E-state index is 0.188. The Morgan fingerprint density at radius 3 is 2.41 bits per heavy atom. The first kappa shape index (κ1) is 20.8. The number of nitrogens with one attached hydrogen (secondary N) is 1. The third kappa shape index (κ3) is 5.49. The fraction of sp³-hybridized carbons (Fsp3) is 0.278. The molecule has 0 radical (unpaired) electrons. The highest BCUT2D eigenvalue weighted by Crippen LogP contribution is 2.20. The van der Waals surface area contributed by atoms with E-state index in [1.54, 1.807) is 25.3 Å². The summed E-state index contributed by atoms with van der Waals surface area (Å²) in [7, 11) is 0.340. The molecule has 1 amide bonds. The van der Waals surface area contributed by atoms with Crippen LogP contribution in [0.25, 0.3) is 0 Å². The first-order chi connectivity index (χ1) is 12.7. The molecule has 0 aliphatic rings. The van der Waals surface area contributed by atoms with Gasteiger partial charge in [0, 0.05) is 26.9 Å². The molecule has 0 unspecified atom stereocenters. The summed E-state index contributed by atoms with van der Waals surface area (Å²) in [5.74, 6) is -1.03. The number of hydrogen-bond acceptors (Lipinski definition) is 4. The van der Waals surface area contributed by atoms with E-state index in [9.17, 15) is 17.6 Å². The van der Waals surface area contributed by atoms with Crippen LogP contribution in [0.4, 0.5) is 15.8 Å². The molecular formula is C18H22FN3O4S. The molecule has 9 heteroatoms. The maximum absolute atomic E-state index is 13.2. The maximum atomic E-state index is 13.2. The molecule has 0 spiro atoms. The van der Waals surface area contributed by atoms with Crippen molar-refractivity contribution in [3.8, 4) is 0 Å². The molecule has 0 aliphatic heterocycles. The van der Waals surface area contributed by atoms with Gasteiger partial charge in [0.1, 0.15) is 12.4 Å². The lowest BCUT2D eigenvalue weighted by atomic mass is 10.2. The van der Waals surface area contributed by atoms with Crippen LogP contribution in [0.2, 0.25) is 0 Å². The lowest BCUT2D eigenvalue weighted by Gasteiger charge is -2.27. The van der Waals surface area contributed by atoms with Gasteiger partial charge in [-0.05, 0) is 42.0 Å². The number of carbonyl (C=O) groups is 1. The molecule has 0 fully saturated rings. The summed E-state index contributed by atoms with van der Waals surface area (Å²) in [5, 5.41) is 2.67. The van der Waals surface area contributed by atoms with Crippen molar-refractivity contribution >= 4 is 27.5 Å². The summed E-state index contributed by atoms with van der Waals surface area (Å²) in [6.07, 6.45) is 0. The van der Waals surface area contributed by atoms with Crippen LogP contribution in [0.15, 0.2) is 48.5 Å². The van der Waals surface area contributed by atoms with E-state index in [0.29, 0.717) is 12.3 Å². The first-order valence-corrected chi connectivity index (χ1v) is 9.47. The monoisotopic (exact) mass is 395 g/mol. The van der Waals surface area contributed by atoms with Crippen LogP contribution in [0.5, 0.6) is 0 Å². The zero-order chi connectivity index (χ0) is 20.0. The Morgan fingerprint density at radius 1 is 1.15 bits per heavy atom. The van der Waals surface area contributed by atoms with Gasteiger partial charge in [-0.2, -0.15) is 12.7 Å². The topological polar surface area (TPSA) is 79.0 Å². The van der Waals surface area contributed by atoms with Gasteiger partial charge in [-0.25, -0.2) is 8.70 Å². The molecule has 0 saturated carbocycles. The number of anilines is 2. The number of methoxy groups -OCH3 is 1. The van der Waals surface area contributed by atoms with E-state index in [0.717, 1.165) is 26.3 Å². The van der Waals surface area contributed by atoms with E-state index < -0.39 is 28.5 Å². The maximum Gasteiger partial charge on any atom is 0.304 e. The molecule has 1 N–H and O–H groups in total. The van der Waals surface area contributed by atoms with Crippen molar-refractivity contribution < 1.29 is 22.3 Å². The highest BCUT2D eigenvalue weighted by atomic mass is 32.2. The number of amides is 1. The first-order valence-electron chi connectivity index (χ1n) is 8.07. The van der Waals surface area contributed by atoms with Crippen LogP contribution in [-0.2, 0) is 26.3 Å². The second-order valence-corrected chi connectivity index (χ2v) is 8.02. The second kappa shape index (κ2) is 8.94. The Labute approximate surface area is 158 Å². The number of benzene rings is 2. The predicted octanol–water partition coefficient (Wildman–Crippen LogP) is 2.22. The average molecular weight is 395 g/mol. The van der Waals surface area contributed by atoms with Gasteiger partial charge in [0.25, 0.3) is 0 Å². The Morgan fingerprint density at radius 2 is 1.81 bits per heavy atom. The standard InChI is InChI=1S/C18H22FN3O4S/c1-21(2)27(24,25)22(17-9-7-15(19)8-10-17)12-18(23)20-16-6-4-5-14(11-16)13-26-3/h4-11H,12-13H2,1-3H3,(H,20,23). The van der Waals surface area contributed by atoms with Gasteiger partial charge in [-0.15, -0.1) is 0 Å². The summed E-state index contributed by atoms with van der Waals surface area (Å²) in [6.45, 7) is -0.0684. The number of hydrogen-bond donors (Lipinski definition) is 1. The lowest BCUT2D eigenvalue weighted by Crippen LogP contribution is -2.44. The third-order valence-corrected chi connectivity index (χ3v) is 5.48. The number of ether oxygens (including phenoxy) is 1. The zero-order valence-corrected chi connectivity index (χ0v) is 16.2. The van der Waals surface area contributed by atoms with Gasteiger partial charge in [0.05, 0.1) is 12.3 Å². The van der Waals surface area contributed by atoms with Gasteiger partial charge in [0.2, 0.25) is 5.91 Å². The van der Waals surface area contributed by atoms with Gasteiger partial charge in [-0.3, -0.25) is 4.79 Å². The van der Waals surface area contributed by atoms with Crippen molar-refractivity contribution in [2.45, 2.75) is 6.61 Å². The van der Waals surface area contributed by atoms with Gasteiger partial charge in [0.15, 0.2) is 0 Å². The molecule has 2 aromatic carbocycles. The lowest BCUT2D eigenvalue weighted by molar-refractivity contribution is -0.114.